The largest absolute Gasteiger partial charge is 0.467 e. The molecule has 0 unspecified atom stereocenters. The fraction of sp³-hybridized carbons (Fsp3) is 0.158. The summed E-state index contributed by atoms with van der Waals surface area (Å²) in [6, 6.07) is 16.2. The number of ether oxygens (including phenoxy) is 1. The van der Waals surface area contributed by atoms with Gasteiger partial charge in [0.25, 0.3) is 0 Å². The van der Waals surface area contributed by atoms with Gasteiger partial charge in [0.1, 0.15) is 6.04 Å². The number of ketones is 1. The van der Waals surface area contributed by atoms with Crippen LogP contribution in [-0.2, 0) is 16.0 Å². The number of benzene rings is 2. The molecule has 0 saturated carbocycles. The van der Waals surface area contributed by atoms with Crippen LogP contribution in [0.5, 0.6) is 0 Å². The van der Waals surface area contributed by atoms with Gasteiger partial charge in [0.05, 0.1) is 7.11 Å². The topological polar surface area (TPSA) is 55.4 Å². The van der Waals surface area contributed by atoms with Crippen LogP contribution in [0.2, 0.25) is 0 Å². The van der Waals surface area contributed by atoms with Gasteiger partial charge in [0.15, 0.2) is 5.78 Å². The molecule has 0 aliphatic heterocycles. The molecule has 2 rings (SSSR count). The number of esters is 1. The molecule has 0 saturated heterocycles. The third-order valence-corrected chi connectivity index (χ3v) is 3.96. The molecule has 0 aromatic heterocycles. The lowest BCUT2D eigenvalue weighted by molar-refractivity contribution is -0.142. The van der Waals surface area contributed by atoms with Gasteiger partial charge in [0, 0.05) is 28.7 Å². The summed E-state index contributed by atoms with van der Waals surface area (Å²) in [5.74, 6) is -0.516. The Labute approximate surface area is 149 Å². The lowest BCUT2D eigenvalue weighted by atomic mass is 10.1. The van der Waals surface area contributed by atoms with E-state index in [1.165, 1.54) is 19.4 Å². The number of halogens is 1. The number of methoxy groups -OCH3 is 1. The molecule has 0 radical (unpaired) electrons. The first-order chi connectivity index (χ1) is 11.6. The molecule has 0 aliphatic rings. The summed E-state index contributed by atoms with van der Waals surface area (Å²) in [6.45, 7) is 0. The summed E-state index contributed by atoms with van der Waals surface area (Å²) in [5.41, 5.74) is 1.59. The number of nitrogens with one attached hydrogen (secondary N) is 1. The highest BCUT2D eigenvalue weighted by Crippen LogP contribution is 2.11. The molecule has 2 aromatic carbocycles. The molecular formula is C19H18BrNO3. The van der Waals surface area contributed by atoms with E-state index in [0.29, 0.717) is 12.0 Å². The van der Waals surface area contributed by atoms with Crippen LogP contribution in [-0.4, -0.2) is 24.9 Å². The van der Waals surface area contributed by atoms with Gasteiger partial charge >= 0.3 is 5.97 Å². The second-order valence-corrected chi connectivity index (χ2v) is 6.05. The number of carbonyl (C=O) groups is 2. The summed E-state index contributed by atoms with van der Waals surface area (Å²) in [6.07, 6.45) is 3.38. The van der Waals surface area contributed by atoms with Crippen molar-refractivity contribution in [3.8, 4) is 0 Å². The second-order valence-electron chi connectivity index (χ2n) is 5.14. The predicted molar refractivity (Wildman–Crippen MR) is 96.7 cm³/mol. The second kappa shape index (κ2) is 9.03. The van der Waals surface area contributed by atoms with Crippen LogP contribution in [0.25, 0.3) is 0 Å². The molecule has 124 valence electrons. The van der Waals surface area contributed by atoms with Crippen LogP contribution < -0.4 is 5.32 Å². The average molecular weight is 388 g/mol. The lowest BCUT2D eigenvalue weighted by Crippen LogP contribution is -2.36. The molecule has 0 fully saturated rings. The smallest absolute Gasteiger partial charge is 0.328 e. The van der Waals surface area contributed by atoms with E-state index in [9.17, 15) is 9.59 Å². The van der Waals surface area contributed by atoms with Crippen LogP contribution in [0.1, 0.15) is 15.9 Å². The van der Waals surface area contributed by atoms with Crippen molar-refractivity contribution >= 4 is 27.7 Å². The molecule has 2 aromatic rings. The molecule has 4 nitrogen and oxygen atoms in total. The summed E-state index contributed by atoms with van der Waals surface area (Å²) >= 11 is 3.33. The fourth-order valence-corrected chi connectivity index (χ4v) is 2.42. The maximum atomic E-state index is 12.1. The monoisotopic (exact) mass is 387 g/mol. The zero-order chi connectivity index (χ0) is 17.4. The third-order valence-electron chi connectivity index (χ3n) is 3.43. The Morgan fingerprint density at radius 2 is 1.79 bits per heavy atom. The number of allylic oxidation sites excluding steroid dienone is 1. The van der Waals surface area contributed by atoms with Crippen molar-refractivity contribution in [1.29, 1.82) is 0 Å². The molecule has 1 N–H and O–H groups in total. The summed E-state index contributed by atoms with van der Waals surface area (Å²) in [4.78, 5) is 24.0. The normalized spacial score (nSPS) is 11.9. The van der Waals surface area contributed by atoms with Gasteiger partial charge in [-0.2, -0.15) is 0 Å². The van der Waals surface area contributed by atoms with Gasteiger partial charge in [0.2, 0.25) is 0 Å². The van der Waals surface area contributed by atoms with Crippen LogP contribution in [0.15, 0.2) is 71.3 Å². The minimum atomic E-state index is -0.550. The zero-order valence-corrected chi connectivity index (χ0v) is 14.8. The number of carbonyl (C=O) groups excluding carboxylic acids is 2. The minimum Gasteiger partial charge on any atom is -0.467 e. The van der Waals surface area contributed by atoms with Crippen molar-refractivity contribution in [3.63, 3.8) is 0 Å². The van der Waals surface area contributed by atoms with Crippen molar-refractivity contribution in [2.45, 2.75) is 12.5 Å². The van der Waals surface area contributed by atoms with Crippen LogP contribution in [0, 0.1) is 0 Å². The van der Waals surface area contributed by atoms with Crippen LogP contribution >= 0.6 is 15.9 Å². The standard InChI is InChI=1S/C19H18BrNO3/c1-24-19(23)17(13-14-5-3-2-4-6-14)21-12-11-18(22)15-7-9-16(20)10-8-15/h2-12,17,21H,13H2,1H3/b12-11-/t17-/m1/s1. The van der Waals surface area contributed by atoms with Crippen LogP contribution in [0.4, 0.5) is 0 Å². The molecule has 0 spiro atoms. The summed E-state index contributed by atoms with van der Waals surface area (Å²) < 4.78 is 5.73. The van der Waals surface area contributed by atoms with Gasteiger partial charge < -0.3 is 10.1 Å². The molecule has 1 atom stereocenters. The lowest BCUT2D eigenvalue weighted by Gasteiger charge is -2.14. The van der Waals surface area contributed by atoms with E-state index < -0.39 is 6.04 Å². The van der Waals surface area contributed by atoms with E-state index in [-0.39, 0.29) is 11.8 Å². The van der Waals surface area contributed by atoms with Gasteiger partial charge in [-0.05, 0) is 29.8 Å². The van der Waals surface area contributed by atoms with E-state index in [1.54, 1.807) is 24.3 Å². The molecule has 0 bridgehead atoms. The van der Waals surface area contributed by atoms with Gasteiger partial charge in [-0.3, -0.25) is 4.79 Å². The SMILES string of the molecule is COC(=O)[C@@H](Cc1ccccc1)N/C=C\C(=O)c1ccc(Br)cc1. The Morgan fingerprint density at radius 1 is 1.12 bits per heavy atom. The number of hydrogen-bond acceptors (Lipinski definition) is 4. The van der Waals surface area contributed by atoms with E-state index in [0.717, 1.165) is 10.0 Å². The first-order valence-electron chi connectivity index (χ1n) is 7.44. The summed E-state index contributed by atoms with van der Waals surface area (Å²) in [5, 5.41) is 2.95. The Hall–Kier alpha value is -2.40. The maximum Gasteiger partial charge on any atom is 0.328 e. The molecule has 24 heavy (non-hydrogen) atoms. The Kier molecular flexibility index (Phi) is 6.75. The van der Waals surface area contributed by atoms with Gasteiger partial charge in [-0.25, -0.2) is 4.79 Å². The Morgan fingerprint density at radius 3 is 2.42 bits per heavy atom. The van der Waals surface area contributed by atoms with Crippen molar-refractivity contribution in [2.75, 3.05) is 7.11 Å². The summed E-state index contributed by atoms with van der Waals surface area (Å²) in [7, 11) is 1.35. The Balaban J connectivity index is 2.00. The van der Waals surface area contributed by atoms with E-state index in [1.807, 2.05) is 30.3 Å². The van der Waals surface area contributed by atoms with Gasteiger partial charge in [-0.15, -0.1) is 0 Å². The first kappa shape index (κ1) is 17.9. The van der Waals surface area contributed by atoms with Crippen molar-refractivity contribution in [3.05, 3.63) is 82.5 Å². The zero-order valence-electron chi connectivity index (χ0n) is 13.2. The quantitative estimate of drug-likeness (QED) is 0.448. The molecule has 0 amide bonds. The van der Waals surface area contributed by atoms with Crippen molar-refractivity contribution in [2.24, 2.45) is 0 Å². The minimum absolute atomic E-state index is 0.140. The molecule has 0 aliphatic carbocycles. The number of hydrogen-bond donors (Lipinski definition) is 1. The highest BCUT2D eigenvalue weighted by atomic mass is 79.9. The fourth-order valence-electron chi connectivity index (χ4n) is 2.15. The maximum absolute atomic E-state index is 12.1. The van der Waals surface area contributed by atoms with Gasteiger partial charge in [-0.1, -0.05) is 46.3 Å². The molecule has 0 heterocycles. The highest BCUT2D eigenvalue weighted by molar-refractivity contribution is 9.10. The van der Waals surface area contributed by atoms with E-state index in [4.69, 9.17) is 4.74 Å². The molecule has 5 heteroatoms. The first-order valence-corrected chi connectivity index (χ1v) is 8.23. The van der Waals surface area contributed by atoms with Crippen LogP contribution in [0.3, 0.4) is 0 Å². The molecular weight excluding hydrogens is 370 g/mol. The average Bonchev–Trinajstić information content (AvgIpc) is 2.61. The Bertz CT molecular complexity index is 711. The van der Waals surface area contributed by atoms with Crippen molar-refractivity contribution in [1.82, 2.24) is 5.32 Å². The van der Waals surface area contributed by atoms with Crippen molar-refractivity contribution < 1.29 is 14.3 Å². The third kappa shape index (κ3) is 5.35. The van der Waals surface area contributed by atoms with E-state index >= 15 is 0 Å². The number of rotatable bonds is 7. The van der Waals surface area contributed by atoms with E-state index in [2.05, 4.69) is 21.2 Å². The predicted octanol–water partition coefficient (Wildman–Crippen LogP) is 3.52. The highest BCUT2D eigenvalue weighted by Gasteiger charge is 2.17.